The van der Waals surface area contributed by atoms with Gasteiger partial charge < -0.3 is 31.5 Å². The highest BCUT2D eigenvalue weighted by Crippen LogP contribution is 2.67. The number of rotatable bonds is 5. The highest BCUT2D eigenvalue weighted by Gasteiger charge is 2.61. The minimum absolute atomic E-state index is 0.00168. The Kier molecular flexibility index (Phi) is 6.82. The number of aliphatic hydroxyl groups excluding tert-OH is 3. The van der Waals surface area contributed by atoms with E-state index in [1.165, 1.54) is 41.9 Å². The van der Waals surface area contributed by atoms with E-state index >= 15 is 0 Å². The number of thiazole rings is 1. The smallest absolute Gasteiger partial charge is 0.255 e. The molecule has 7 aliphatic rings. The van der Waals surface area contributed by atoms with Crippen molar-refractivity contribution in [3.8, 4) is 5.75 Å². The Bertz CT molecular complexity index is 1850. The third-order valence-electron chi connectivity index (χ3n) is 12.7. The van der Waals surface area contributed by atoms with Gasteiger partial charge >= 0.3 is 0 Å². The molecule has 1 aromatic carbocycles. The number of aromatic hydroxyl groups is 1. The average Bonchev–Trinajstić information content (AvgIpc) is 3.46. The molecular formula is C36H42N4O7S. The summed E-state index contributed by atoms with van der Waals surface area (Å²) in [6, 6.07) is 2.40. The maximum atomic E-state index is 14.2. The van der Waals surface area contributed by atoms with E-state index in [0.717, 1.165) is 30.4 Å². The van der Waals surface area contributed by atoms with Gasteiger partial charge in [-0.15, -0.1) is 11.3 Å². The fourth-order valence-electron chi connectivity index (χ4n) is 11.2. The fraction of sp³-hybridized carbons (Fsp3) is 0.556. The van der Waals surface area contributed by atoms with Crippen LogP contribution in [0.3, 0.4) is 0 Å². The number of likely N-dealkylation sites (N-methyl/N-ethyl adjacent to an activating group) is 1. The molecule has 7 N–H and O–H groups in total. The van der Waals surface area contributed by atoms with Crippen LogP contribution in [0.2, 0.25) is 0 Å². The zero-order valence-electron chi connectivity index (χ0n) is 27.5. The average molecular weight is 675 g/mol. The molecule has 1 aromatic heterocycles. The van der Waals surface area contributed by atoms with Crippen LogP contribution in [0.15, 0.2) is 34.4 Å². The summed E-state index contributed by atoms with van der Waals surface area (Å²) >= 11 is 1.46. The number of anilines is 2. The van der Waals surface area contributed by atoms with Gasteiger partial charge in [0.25, 0.3) is 5.91 Å². The summed E-state index contributed by atoms with van der Waals surface area (Å²) in [5.41, 5.74) is 6.98. The van der Waals surface area contributed by atoms with Crippen LogP contribution in [0.4, 0.5) is 10.8 Å². The normalized spacial score (nSPS) is 38.3. The topological polar surface area (TPSA) is 186 Å². The Hall–Kier alpha value is -3.74. The van der Waals surface area contributed by atoms with Gasteiger partial charge in [0.05, 0.1) is 35.0 Å². The predicted octanol–water partition coefficient (Wildman–Crippen LogP) is 4.44. The molecule has 11 nitrogen and oxygen atoms in total. The third-order valence-corrected chi connectivity index (χ3v) is 13.5. The van der Waals surface area contributed by atoms with E-state index in [9.17, 15) is 34.8 Å². The van der Waals surface area contributed by atoms with Crippen molar-refractivity contribution < 1.29 is 34.8 Å². The summed E-state index contributed by atoms with van der Waals surface area (Å²) in [4.78, 5) is 46.5. The van der Waals surface area contributed by atoms with Gasteiger partial charge in [-0.3, -0.25) is 19.3 Å². The van der Waals surface area contributed by atoms with Crippen molar-refractivity contribution in [1.29, 1.82) is 0 Å². The van der Waals surface area contributed by atoms with Gasteiger partial charge in [0.15, 0.2) is 16.7 Å². The van der Waals surface area contributed by atoms with Crippen LogP contribution in [0.5, 0.6) is 5.75 Å². The number of hydrogen-bond acceptors (Lipinski definition) is 11. The molecule has 12 heteroatoms. The number of hydrogen-bond donors (Lipinski definition) is 6. The molecule has 254 valence electrons. The van der Waals surface area contributed by atoms with Crippen LogP contribution in [0.25, 0.3) is 5.76 Å². The predicted molar refractivity (Wildman–Crippen MR) is 179 cm³/mol. The Morgan fingerprint density at radius 3 is 2.42 bits per heavy atom. The van der Waals surface area contributed by atoms with Crippen molar-refractivity contribution >= 4 is 45.4 Å². The van der Waals surface area contributed by atoms with Crippen molar-refractivity contribution in [3.05, 3.63) is 51.2 Å². The Morgan fingerprint density at radius 2 is 1.77 bits per heavy atom. The first-order valence-electron chi connectivity index (χ1n) is 16.8. The molecule has 0 aliphatic heterocycles. The Labute approximate surface area is 282 Å². The number of carbonyl (C=O) groups excluding carboxylic acids is 3. The molecule has 3 bridgehead atoms. The molecule has 7 aliphatic carbocycles. The number of benzene rings is 1. The standard InChI is InChI=1S/C36H42N4O7S/c1-14-17-5-6-18(38-34-39-19(12-48-34)35(2)8-15-7-16-10-36(9-15,11-16)13-35)27(41)21(17)29(43)23-20(14)28(42)22-24(30(23)44)31(45)25(33(37)47)32(46)26(22)40(3)4/h5-6,12,14-16,20,22,24,26,28,41-43,46H,7-11,13H2,1-4H3,(H2,37,47)(H,38,39)/t14-,15?,16?,20?,22?,24?,26-,28-,35?,36?/m0/s1. The zero-order valence-corrected chi connectivity index (χ0v) is 28.3. The number of ketones is 2. The number of nitrogens with two attached hydrogens (primary N) is 1. The lowest BCUT2D eigenvalue weighted by atomic mass is 9.42. The summed E-state index contributed by atoms with van der Waals surface area (Å²) in [6.45, 7) is 4.12. The largest absolute Gasteiger partial charge is 0.510 e. The van der Waals surface area contributed by atoms with Crippen LogP contribution in [0.1, 0.15) is 75.1 Å². The molecule has 5 saturated carbocycles. The van der Waals surface area contributed by atoms with Gasteiger partial charge in [-0.25, -0.2) is 4.98 Å². The number of primary amides is 1. The first kappa shape index (κ1) is 31.5. The minimum Gasteiger partial charge on any atom is -0.510 e. The van der Waals surface area contributed by atoms with Crippen LogP contribution in [-0.4, -0.2) is 74.0 Å². The molecule has 1 spiro atoms. The van der Waals surface area contributed by atoms with E-state index in [1.807, 2.05) is 0 Å². The second-order valence-corrected chi connectivity index (χ2v) is 16.9. The number of nitrogens with one attached hydrogen (secondary N) is 1. The summed E-state index contributed by atoms with van der Waals surface area (Å²) in [5, 5.41) is 52.0. The first-order valence-corrected chi connectivity index (χ1v) is 17.7. The van der Waals surface area contributed by atoms with Gasteiger partial charge in [0.2, 0.25) is 0 Å². The van der Waals surface area contributed by atoms with Gasteiger partial charge in [0.1, 0.15) is 22.8 Å². The summed E-state index contributed by atoms with van der Waals surface area (Å²) in [6.07, 6.45) is 6.27. The Balaban J connectivity index is 1.14. The number of aliphatic hydroxyl groups is 3. The van der Waals surface area contributed by atoms with Crippen molar-refractivity contribution in [2.45, 2.75) is 75.9 Å². The van der Waals surface area contributed by atoms with Crippen LogP contribution < -0.4 is 11.1 Å². The maximum absolute atomic E-state index is 14.2. The highest BCUT2D eigenvalue weighted by molar-refractivity contribution is 7.13. The molecule has 5 fully saturated rings. The Morgan fingerprint density at radius 1 is 1.08 bits per heavy atom. The molecule has 9 rings (SSSR count). The second kappa shape index (κ2) is 10.4. The quantitative estimate of drug-likeness (QED) is 0.150. The van der Waals surface area contributed by atoms with Crippen molar-refractivity contribution in [2.75, 3.05) is 19.4 Å². The van der Waals surface area contributed by atoms with E-state index in [4.69, 9.17) is 10.7 Å². The number of phenols is 1. The zero-order chi connectivity index (χ0) is 34.2. The lowest BCUT2D eigenvalue weighted by molar-refractivity contribution is -0.143. The van der Waals surface area contributed by atoms with Crippen molar-refractivity contribution in [1.82, 2.24) is 9.88 Å². The van der Waals surface area contributed by atoms with E-state index in [2.05, 4.69) is 17.6 Å². The molecule has 0 saturated heterocycles. The molecule has 1 amide bonds. The van der Waals surface area contributed by atoms with Crippen LogP contribution in [-0.2, 0) is 19.8 Å². The molecule has 8 atom stereocenters. The highest BCUT2D eigenvalue weighted by atomic mass is 32.1. The maximum Gasteiger partial charge on any atom is 0.255 e. The van der Waals surface area contributed by atoms with E-state index in [1.54, 1.807) is 33.2 Å². The summed E-state index contributed by atoms with van der Waals surface area (Å²) in [5.74, 6) is -6.82. The van der Waals surface area contributed by atoms with Gasteiger partial charge in [0, 0.05) is 28.2 Å². The lowest BCUT2D eigenvalue weighted by Gasteiger charge is -2.62. The third kappa shape index (κ3) is 4.24. The van der Waals surface area contributed by atoms with Crippen LogP contribution >= 0.6 is 11.3 Å². The van der Waals surface area contributed by atoms with Crippen molar-refractivity contribution in [3.63, 3.8) is 0 Å². The fourth-order valence-corrected chi connectivity index (χ4v) is 12.1. The number of carbonyl (C=O) groups is 3. The van der Waals surface area contributed by atoms with Gasteiger partial charge in [-0.1, -0.05) is 19.9 Å². The van der Waals surface area contributed by atoms with E-state index in [0.29, 0.717) is 21.8 Å². The molecular weight excluding hydrogens is 632 g/mol. The summed E-state index contributed by atoms with van der Waals surface area (Å²) < 4.78 is 0. The van der Waals surface area contributed by atoms with Gasteiger partial charge in [-0.05, 0) is 87.4 Å². The SMILES string of the molecule is C[C@H]1c2ccc(Nc3nc(C4(C)CC5CC6CC(C6)(C5)C4)cs3)c(O)c2C(O)=C2C(=O)C3C(=O)C(C(N)=O)=C(O)[C@@H](N(C)C)C3[C@@H](O)C21. The lowest BCUT2D eigenvalue weighted by Crippen LogP contribution is -2.61. The monoisotopic (exact) mass is 674 g/mol. The summed E-state index contributed by atoms with van der Waals surface area (Å²) in [7, 11) is 3.21. The van der Waals surface area contributed by atoms with Gasteiger partial charge in [-0.2, -0.15) is 0 Å². The van der Waals surface area contributed by atoms with E-state index in [-0.39, 0.29) is 22.3 Å². The minimum atomic E-state index is -1.56. The molecule has 2 aromatic rings. The number of Topliss-reactive ketones (excluding diaryl/α,β-unsaturated/α-hetero) is 2. The van der Waals surface area contributed by atoms with E-state index < -0.39 is 70.4 Å². The molecule has 1 heterocycles. The molecule has 48 heavy (non-hydrogen) atoms. The number of fused-ring (bicyclic) bond motifs is 3. The number of phenolic OH excluding ortho intramolecular Hbond substituents is 1. The number of amides is 1. The molecule has 5 unspecified atom stereocenters. The number of aromatic nitrogens is 1. The number of nitrogens with zero attached hydrogens (tertiary/aromatic N) is 2. The molecule has 0 radical (unpaired) electrons. The second-order valence-electron chi connectivity index (χ2n) is 16.0. The van der Waals surface area contributed by atoms with Crippen LogP contribution in [0, 0.1) is 35.0 Å². The van der Waals surface area contributed by atoms with Crippen molar-refractivity contribution in [2.24, 2.45) is 40.7 Å². The first-order chi connectivity index (χ1) is 22.6.